The van der Waals surface area contributed by atoms with E-state index in [4.69, 9.17) is 0 Å². The van der Waals surface area contributed by atoms with Gasteiger partial charge in [-0.2, -0.15) is 0 Å². The second kappa shape index (κ2) is 5.72. The highest BCUT2D eigenvalue weighted by molar-refractivity contribution is 7.89. The Morgan fingerprint density at radius 1 is 1.30 bits per heavy atom. The fourth-order valence-electron chi connectivity index (χ4n) is 1.90. The van der Waals surface area contributed by atoms with E-state index in [2.05, 4.69) is 14.7 Å². The topological polar surface area (TPSA) is 76.9 Å². The first kappa shape index (κ1) is 14.7. The Balaban J connectivity index is 2.32. The summed E-state index contributed by atoms with van der Waals surface area (Å²) in [6.45, 7) is 3.90. The van der Waals surface area contributed by atoms with Gasteiger partial charge in [0.05, 0.1) is 6.04 Å². The zero-order valence-electron chi connectivity index (χ0n) is 11.7. The Hall–Kier alpha value is -1.73. The van der Waals surface area contributed by atoms with Crippen molar-refractivity contribution in [3.63, 3.8) is 0 Å². The molecule has 2 heterocycles. The van der Waals surface area contributed by atoms with Crippen LogP contribution in [0.4, 0.5) is 0 Å². The van der Waals surface area contributed by atoms with E-state index in [1.54, 1.807) is 18.5 Å². The molecule has 0 unspecified atom stereocenters. The summed E-state index contributed by atoms with van der Waals surface area (Å²) in [5, 5.41) is 0. The molecule has 0 fully saturated rings. The number of hydrogen-bond donors (Lipinski definition) is 1. The molecule has 0 aliphatic carbocycles. The van der Waals surface area contributed by atoms with Gasteiger partial charge in [0, 0.05) is 31.8 Å². The lowest BCUT2D eigenvalue weighted by atomic mass is 10.1. The van der Waals surface area contributed by atoms with Crippen LogP contribution >= 0.6 is 0 Å². The monoisotopic (exact) mass is 294 g/mol. The number of sulfonamides is 1. The second-order valence-electron chi connectivity index (χ2n) is 4.93. The van der Waals surface area contributed by atoms with Crippen LogP contribution in [0.5, 0.6) is 0 Å². The minimum atomic E-state index is -3.61. The first-order chi connectivity index (χ1) is 9.42. The maximum absolute atomic E-state index is 12.4. The predicted octanol–water partition coefficient (Wildman–Crippen LogP) is 1.49. The zero-order chi connectivity index (χ0) is 14.8. The molecule has 7 heteroatoms. The van der Waals surface area contributed by atoms with E-state index in [0.717, 1.165) is 0 Å². The lowest BCUT2D eigenvalue weighted by molar-refractivity contribution is 0.434. The summed E-state index contributed by atoms with van der Waals surface area (Å²) in [5.41, 5.74) is 0. The van der Waals surface area contributed by atoms with Crippen LogP contribution in [0.15, 0.2) is 41.8 Å². The minimum absolute atomic E-state index is 0.0718. The number of nitrogens with zero attached hydrogens (tertiary/aromatic N) is 3. The Labute approximate surface area is 118 Å². The highest BCUT2D eigenvalue weighted by Crippen LogP contribution is 2.22. The fourth-order valence-corrected chi connectivity index (χ4v) is 3.21. The van der Waals surface area contributed by atoms with Crippen molar-refractivity contribution in [1.29, 1.82) is 0 Å². The molecule has 0 saturated carbocycles. The maximum Gasteiger partial charge on any atom is 0.242 e. The lowest BCUT2D eigenvalue weighted by Crippen LogP contribution is -2.33. The zero-order valence-corrected chi connectivity index (χ0v) is 12.5. The van der Waals surface area contributed by atoms with Crippen molar-refractivity contribution in [2.75, 3.05) is 0 Å². The number of pyridine rings is 1. The molecule has 0 aliphatic rings. The third-order valence-electron chi connectivity index (χ3n) is 3.03. The number of rotatable bonds is 5. The van der Waals surface area contributed by atoms with Crippen LogP contribution in [0.25, 0.3) is 0 Å². The number of hydrogen-bond acceptors (Lipinski definition) is 4. The van der Waals surface area contributed by atoms with Gasteiger partial charge >= 0.3 is 0 Å². The molecule has 1 atom stereocenters. The van der Waals surface area contributed by atoms with Crippen LogP contribution in [0.1, 0.15) is 25.7 Å². The fraction of sp³-hybridized carbons (Fsp3) is 0.385. The van der Waals surface area contributed by atoms with Gasteiger partial charge in [0.2, 0.25) is 10.0 Å². The number of aromatic nitrogens is 3. The van der Waals surface area contributed by atoms with Crippen LogP contribution < -0.4 is 4.72 Å². The predicted molar refractivity (Wildman–Crippen MR) is 75.3 cm³/mol. The van der Waals surface area contributed by atoms with Gasteiger partial charge in [0.1, 0.15) is 10.7 Å². The van der Waals surface area contributed by atoms with E-state index < -0.39 is 10.0 Å². The van der Waals surface area contributed by atoms with Crippen LogP contribution in [0, 0.1) is 5.92 Å². The highest BCUT2D eigenvalue weighted by atomic mass is 32.2. The summed E-state index contributed by atoms with van der Waals surface area (Å²) in [4.78, 5) is 8.23. The molecular weight excluding hydrogens is 276 g/mol. The van der Waals surface area contributed by atoms with Gasteiger partial charge in [0.25, 0.3) is 0 Å². The van der Waals surface area contributed by atoms with Gasteiger partial charge in [-0.15, -0.1) is 0 Å². The summed E-state index contributed by atoms with van der Waals surface area (Å²) in [7, 11) is -1.77. The Morgan fingerprint density at radius 2 is 2.05 bits per heavy atom. The standard InChI is InChI=1S/C13H18N4O2S/c1-10(2)12(13-15-7-8-17(13)3)16-20(18,19)11-5-4-6-14-9-11/h4-10,12,16H,1-3H3/t12-/m1/s1. The summed E-state index contributed by atoms with van der Waals surface area (Å²) in [6.07, 6.45) is 6.32. The Kier molecular flexibility index (Phi) is 4.20. The maximum atomic E-state index is 12.4. The van der Waals surface area contributed by atoms with Crippen LogP contribution in [-0.4, -0.2) is 23.0 Å². The van der Waals surface area contributed by atoms with Crippen LogP contribution in [-0.2, 0) is 17.1 Å². The van der Waals surface area contributed by atoms with Crippen molar-refractivity contribution in [3.05, 3.63) is 42.7 Å². The van der Waals surface area contributed by atoms with Crippen molar-refractivity contribution < 1.29 is 8.42 Å². The first-order valence-corrected chi connectivity index (χ1v) is 7.79. The molecule has 0 amide bonds. The summed E-state index contributed by atoms with van der Waals surface area (Å²) in [6, 6.07) is 2.73. The van der Waals surface area contributed by atoms with E-state index >= 15 is 0 Å². The Morgan fingerprint density at radius 3 is 2.55 bits per heavy atom. The van der Waals surface area contributed by atoms with Gasteiger partial charge < -0.3 is 4.57 Å². The average molecular weight is 294 g/mol. The van der Waals surface area contributed by atoms with Crippen molar-refractivity contribution in [2.45, 2.75) is 24.8 Å². The van der Waals surface area contributed by atoms with Crippen LogP contribution in [0.3, 0.4) is 0 Å². The average Bonchev–Trinajstić information content (AvgIpc) is 2.83. The van der Waals surface area contributed by atoms with Gasteiger partial charge in [-0.25, -0.2) is 18.1 Å². The third-order valence-corrected chi connectivity index (χ3v) is 4.46. The van der Waals surface area contributed by atoms with Crippen LogP contribution in [0.2, 0.25) is 0 Å². The molecule has 6 nitrogen and oxygen atoms in total. The minimum Gasteiger partial charge on any atom is -0.337 e. The van der Waals surface area contributed by atoms with Crippen molar-refractivity contribution in [1.82, 2.24) is 19.3 Å². The van der Waals surface area contributed by atoms with Gasteiger partial charge in [0.15, 0.2) is 0 Å². The molecule has 2 aromatic rings. The molecule has 0 radical (unpaired) electrons. The highest BCUT2D eigenvalue weighted by Gasteiger charge is 2.26. The smallest absolute Gasteiger partial charge is 0.242 e. The lowest BCUT2D eigenvalue weighted by Gasteiger charge is -2.21. The van der Waals surface area contributed by atoms with E-state index in [1.165, 1.54) is 18.5 Å². The largest absolute Gasteiger partial charge is 0.337 e. The Bertz CT molecular complexity index is 665. The van der Waals surface area contributed by atoms with Crippen molar-refractivity contribution in [3.8, 4) is 0 Å². The molecule has 0 spiro atoms. The van der Waals surface area contributed by atoms with Gasteiger partial charge in [-0.3, -0.25) is 4.98 Å². The number of imidazole rings is 1. The molecule has 1 N–H and O–H groups in total. The molecule has 2 rings (SSSR count). The van der Waals surface area contributed by atoms with E-state index in [-0.39, 0.29) is 16.9 Å². The molecule has 2 aromatic heterocycles. The normalized spacial score (nSPS) is 13.6. The van der Waals surface area contributed by atoms with E-state index in [0.29, 0.717) is 5.82 Å². The first-order valence-electron chi connectivity index (χ1n) is 6.31. The SMILES string of the molecule is CC(C)[C@@H](NS(=O)(=O)c1cccnc1)c1nccn1C. The molecular formula is C13H18N4O2S. The van der Waals surface area contributed by atoms with E-state index in [9.17, 15) is 8.42 Å². The van der Waals surface area contributed by atoms with Gasteiger partial charge in [-0.05, 0) is 18.1 Å². The number of aryl methyl sites for hydroxylation is 1. The summed E-state index contributed by atoms with van der Waals surface area (Å²) >= 11 is 0. The molecule has 0 aromatic carbocycles. The van der Waals surface area contributed by atoms with Crippen molar-refractivity contribution in [2.24, 2.45) is 13.0 Å². The number of nitrogens with one attached hydrogen (secondary N) is 1. The second-order valence-corrected chi connectivity index (χ2v) is 6.64. The molecule has 0 aliphatic heterocycles. The molecule has 0 saturated heterocycles. The van der Waals surface area contributed by atoms with Gasteiger partial charge in [-0.1, -0.05) is 13.8 Å². The molecule has 20 heavy (non-hydrogen) atoms. The summed E-state index contributed by atoms with van der Waals surface area (Å²) in [5.74, 6) is 0.759. The molecule has 0 bridgehead atoms. The quantitative estimate of drug-likeness (QED) is 0.906. The summed E-state index contributed by atoms with van der Waals surface area (Å²) < 4.78 is 29.2. The van der Waals surface area contributed by atoms with E-state index in [1.807, 2.05) is 25.5 Å². The molecule has 108 valence electrons. The van der Waals surface area contributed by atoms with Crippen molar-refractivity contribution >= 4 is 10.0 Å². The third kappa shape index (κ3) is 3.05.